The van der Waals surface area contributed by atoms with E-state index < -0.39 is 71.5 Å². The van der Waals surface area contributed by atoms with E-state index in [1.54, 1.807) is 0 Å². The predicted octanol–water partition coefficient (Wildman–Crippen LogP) is 4.97. The SMILES string of the molecule is O=C(c1c(Cl)cccc1[N+](=O)[O-])N(C(=O)c1c(Cl)cccc1[N+](=O)[O-])c1c(F)cncc1F. The van der Waals surface area contributed by atoms with Crippen molar-refractivity contribution in [2.24, 2.45) is 0 Å². The number of aromatic nitrogens is 1. The van der Waals surface area contributed by atoms with Gasteiger partial charge in [0.15, 0.2) is 11.6 Å². The van der Waals surface area contributed by atoms with Gasteiger partial charge >= 0.3 is 0 Å². The van der Waals surface area contributed by atoms with Crippen LogP contribution >= 0.6 is 23.2 Å². The number of pyridine rings is 1. The largest absolute Gasteiger partial charge is 0.283 e. The minimum atomic E-state index is -1.63. The smallest absolute Gasteiger partial charge is 0.268 e. The molecule has 168 valence electrons. The van der Waals surface area contributed by atoms with Crippen molar-refractivity contribution in [3.05, 3.63) is 102 Å². The molecular weight excluding hydrogens is 489 g/mol. The summed E-state index contributed by atoms with van der Waals surface area (Å²) >= 11 is 11.9. The number of carbonyl (C=O) groups is 2. The van der Waals surface area contributed by atoms with Crippen LogP contribution in [0.3, 0.4) is 0 Å². The number of hydrogen-bond acceptors (Lipinski definition) is 7. The van der Waals surface area contributed by atoms with Gasteiger partial charge in [-0.3, -0.25) is 34.8 Å². The third-order valence-corrected chi connectivity index (χ3v) is 4.89. The maximum atomic E-state index is 14.6. The molecule has 0 atom stereocenters. The maximum absolute atomic E-state index is 14.6. The van der Waals surface area contributed by atoms with Gasteiger partial charge in [-0.15, -0.1) is 0 Å². The Kier molecular flexibility index (Phi) is 6.60. The maximum Gasteiger partial charge on any atom is 0.283 e. The summed E-state index contributed by atoms with van der Waals surface area (Å²) in [5.41, 5.74) is -4.82. The number of amides is 2. The van der Waals surface area contributed by atoms with Gasteiger partial charge in [0.2, 0.25) is 0 Å². The number of nitrogens with zero attached hydrogens (tertiary/aromatic N) is 4. The van der Waals surface area contributed by atoms with Crippen LogP contribution < -0.4 is 4.90 Å². The first-order chi connectivity index (χ1) is 15.6. The third-order valence-electron chi connectivity index (χ3n) is 4.26. The van der Waals surface area contributed by atoms with E-state index >= 15 is 0 Å². The summed E-state index contributed by atoms with van der Waals surface area (Å²) in [5, 5.41) is 21.8. The summed E-state index contributed by atoms with van der Waals surface area (Å²) in [6.45, 7) is 0. The molecule has 0 unspecified atom stereocenters. The highest BCUT2D eigenvalue weighted by Crippen LogP contribution is 2.35. The minimum absolute atomic E-state index is 0.144. The van der Waals surface area contributed by atoms with E-state index in [4.69, 9.17) is 23.2 Å². The molecule has 10 nitrogen and oxygen atoms in total. The average molecular weight is 497 g/mol. The zero-order valence-corrected chi connectivity index (χ0v) is 17.4. The average Bonchev–Trinajstić information content (AvgIpc) is 2.75. The molecule has 0 aliphatic heterocycles. The van der Waals surface area contributed by atoms with Crippen molar-refractivity contribution in [2.75, 3.05) is 4.90 Å². The molecule has 0 bridgehead atoms. The van der Waals surface area contributed by atoms with E-state index in [1.807, 2.05) is 0 Å². The molecule has 0 saturated carbocycles. The van der Waals surface area contributed by atoms with Gasteiger partial charge in [0.1, 0.15) is 16.8 Å². The highest BCUT2D eigenvalue weighted by Gasteiger charge is 2.39. The van der Waals surface area contributed by atoms with Crippen LogP contribution in [0.1, 0.15) is 20.7 Å². The van der Waals surface area contributed by atoms with E-state index in [-0.39, 0.29) is 4.90 Å². The molecule has 33 heavy (non-hydrogen) atoms. The molecule has 3 rings (SSSR count). The molecule has 2 amide bonds. The molecule has 0 saturated heterocycles. The Morgan fingerprint density at radius 3 is 1.58 bits per heavy atom. The standard InChI is InChI=1S/C19H8Cl2F2N4O6/c20-9-3-1-5-13(26(30)31)15(9)18(28)25(17-11(22)7-24-8-12(17)23)19(29)16-10(21)4-2-6-14(16)27(32)33/h1-8H. The lowest BCUT2D eigenvalue weighted by Gasteiger charge is -2.22. The van der Waals surface area contributed by atoms with Gasteiger partial charge < -0.3 is 0 Å². The highest BCUT2D eigenvalue weighted by atomic mass is 35.5. The molecule has 0 fully saturated rings. The summed E-state index contributed by atoms with van der Waals surface area (Å²) in [4.78, 5) is 50.7. The molecule has 1 heterocycles. The van der Waals surface area contributed by atoms with Crippen LogP contribution in [0.25, 0.3) is 0 Å². The number of hydrogen-bond donors (Lipinski definition) is 0. The van der Waals surface area contributed by atoms with Crippen molar-refractivity contribution < 1.29 is 28.2 Å². The number of halogens is 4. The molecule has 3 aromatic rings. The molecule has 0 aliphatic carbocycles. The summed E-state index contributed by atoms with van der Waals surface area (Å²) in [7, 11) is 0. The van der Waals surface area contributed by atoms with Gasteiger partial charge in [0.05, 0.1) is 32.3 Å². The van der Waals surface area contributed by atoms with Crippen molar-refractivity contribution in [3.8, 4) is 0 Å². The number of anilines is 1. The number of carbonyl (C=O) groups excluding carboxylic acids is 2. The first kappa shape index (κ1) is 23.6. The topological polar surface area (TPSA) is 137 Å². The van der Waals surface area contributed by atoms with E-state index in [2.05, 4.69) is 4.98 Å². The second-order valence-electron chi connectivity index (χ2n) is 6.18. The van der Waals surface area contributed by atoms with Crippen LogP contribution in [0.15, 0.2) is 48.8 Å². The Balaban J connectivity index is 2.36. The molecule has 0 radical (unpaired) electrons. The Hall–Kier alpha value is -4.03. The molecule has 0 N–H and O–H groups in total. The zero-order chi connectivity index (χ0) is 24.4. The molecule has 1 aromatic heterocycles. The van der Waals surface area contributed by atoms with E-state index in [0.717, 1.165) is 36.4 Å². The van der Waals surface area contributed by atoms with Crippen LogP contribution in [0, 0.1) is 31.9 Å². The van der Waals surface area contributed by atoms with Crippen molar-refractivity contribution in [1.29, 1.82) is 0 Å². The summed E-state index contributed by atoms with van der Waals surface area (Å²) < 4.78 is 29.2. The lowest BCUT2D eigenvalue weighted by molar-refractivity contribution is -0.385. The van der Waals surface area contributed by atoms with Crippen LogP contribution in [-0.2, 0) is 0 Å². The van der Waals surface area contributed by atoms with Gasteiger partial charge in [0.25, 0.3) is 23.2 Å². The fourth-order valence-corrected chi connectivity index (χ4v) is 3.39. The normalized spacial score (nSPS) is 10.5. The Labute approximate surface area is 192 Å². The Morgan fingerprint density at radius 2 is 1.21 bits per heavy atom. The first-order valence-corrected chi connectivity index (χ1v) is 9.35. The van der Waals surface area contributed by atoms with Gasteiger partial charge in [-0.05, 0) is 12.1 Å². The van der Waals surface area contributed by atoms with Crippen LogP contribution in [0.2, 0.25) is 10.0 Å². The van der Waals surface area contributed by atoms with Crippen molar-refractivity contribution in [2.45, 2.75) is 0 Å². The van der Waals surface area contributed by atoms with Gasteiger partial charge in [-0.25, -0.2) is 13.7 Å². The summed E-state index contributed by atoms with van der Waals surface area (Å²) in [5.74, 6) is -6.28. The molecule has 14 heteroatoms. The quantitative estimate of drug-likeness (QED) is 0.276. The molecular formula is C19H8Cl2F2N4O6. The van der Waals surface area contributed by atoms with Crippen molar-refractivity contribution in [1.82, 2.24) is 4.98 Å². The van der Waals surface area contributed by atoms with Crippen molar-refractivity contribution in [3.63, 3.8) is 0 Å². The number of nitro groups is 2. The first-order valence-electron chi connectivity index (χ1n) is 8.59. The van der Waals surface area contributed by atoms with Crippen LogP contribution in [-0.4, -0.2) is 26.6 Å². The monoisotopic (exact) mass is 496 g/mol. The van der Waals surface area contributed by atoms with E-state index in [1.165, 1.54) is 0 Å². The summed E-state index contributed by atoms with van der Waals surface area (Å²) in [6.07, 6.45) is 0.933. The number of rotatable bonds is 5. The van der Waals surface area contributed by atoms with Gasteiger partial charge in [0, 0.05) is 12.1 Å². The Morgan fingerprint density at radius 1 is 0.818 bits per heavy atom. The second kappa shape index (κ2) is 9.22. The van der Waals surface area contributed by atoms with E-state index in [9.17, 15) is 38.6 Å². The third kappa shape index (κ3) is 4.33. The minimum Gasteiger partial charge on any atom is -0.268 e. The van der Waals surface area contributed by atoms with Gasteiger partial charge in [-0.1, -0.05) is 35.3 Å². The number of nitro benzene ring substituents is 2. The number of imide groups is 1. The molecule has 0 aliphatic rings. The molecule has 2 aromatic carbocycles. The summed E-state index contributed by atoms with van der Waals surface area (Å²) in [6, 6.07) is 6.16. The number of benzene rings is 2. The zero-order valence-electron chi connectivity index (χ0n) is 15.9. The van der Waals surface area contributed by atoms with Gasteiger partial charge in [-0.2, -0.15) is 0 Å². The fourth-order valence-electron chi connectivity index (χ4n) is 2.89. The van der Waals surface area contributed by atoms with Crippen molar-refractivity contribution >= 4 is 52.1 Å². The van der Waals surface area contributed by atoms with Crippen LogP contribution in [0.5, 0.6) is 0 Å². The van der Waals surface area contributed by atoms with Crippen LogP contribution in [0.4, 0.5) is 25.8 Å². The second-order valence-corrected chi connectivity index (χ2v) is 6.99. The predicted molar refractivity (Wildman–Crippen MR) is 112 cm³/mol. The lowest BCUT2D eigenvalue weighted by Crippen LogP contribution is -2.39. The highest BCUT2D eigenvalue weighted by molar-refractivity contribution is 6.40. The Bertz CT molecular complexity index is 1240. The van der Waals surface area contributed by atoms with E-state index in [0.29, 0.717) is 12.4 Å². The lowest BCUT2D eigenvalue weighted by atomic mass is 10.1. The fraction of sp³-hybridized carbons (Fsp3) is 0. The molecule has 0 spiro atoms.